The van der Waals surface area contributed by atoms with Gasteiger partial charge in [0.2, 0.25) is 5.95 Å². The zero-order valence-electron chi connectivity index (χ0n) is 9.30. The molecule has 1 N–H and O–H groups in total. The van der Waals surface area contributed by atoms with E-state index in [1.807, 2.05) is 19.3 Å². The Balaban J connectivity index is 2.47. The molecular formula is C9H12N6O. The Hall–Kier alpha value is -2.18. The van der Waals surface area contributed by atoms with Crippen LogP contribution in [0.15, 0.2) is 12.3 Å². The molecule has 2 rings (SSSR count). The summed E-state index contributed by atoms with van der Waals surface area (Å²) in [6.07, 6.45) is 1.82. The Bertz CT molecular complexity index is 472. The summed E-state index contributed by atoms with van der Waals surface area (Å²) in [6, 6.07) is 2.09. The smallest absolute Gasteiger partial charge is 0.321 e. The minimum absolute atomic E-state index is 0.264. The van der Waals surface area contributed by atoms with E-state index < -0.39 is 0 Å². The van der Waals surface area contributed by atoms with Gasteiger partial charge in [-0.3, -0.25) is 4.68 Å². The summed E-state index contributed by atoms with van der Waals surface area (Å²) >= 11 is 0. The minimum atomic E-state index is 0.264. The third kappa shape index (κ3) is 1.92. The highest BCUT2D eigenvalue weighted by Gasteiger charge is 2.09. The average molecular weight is 220 g/mol. The molecule has 0 fully saturated rings. The number of hydrogen-bond donors (Lipinski definition) is 1. The van der Waals surface area contributed by atoms with Gasteiger partial charge in [-0.1, -0.05) is 0 Å². The number of ether oxygens (including phenoxy) is 1. The molecule has 2 aromatic rings. The lowest BCUT2D eigenvalue weighted by atomic mass is 10.4. The predicted molar refractivity (Wildman–Crippen MR) is 58.1 cm³/mol. The quantitative estimate of drug-likeness (QED) is 0.802. The van der Waals surface area contributed by atoms with E-state index >= 15 is 0 Å². The van der Waals surface area contributed by atoms with E-state index in [1.165, 1.54) is 7.11 Å². The standard InChI is InChI=1S/C9H12N6O/c1-10-8-11-7(12-9(13-8)16-3)6-4-5-15(2)14-6/h4-5H,1-3H3,(H,10,11,12,13). The highest BCUT2D eigenvalue weighted by atomic mass is 16.5. The summed E-state index contributed by atoms with van der Waals surface area (Å²) < 4.78 is 6.67. The summed E-state index contributed by atoms with van der Waals surface area (Å²) in [4.78, 5) is 12.3. The topological polar surface area (TPSA) is 77.8 Å². The van der Waals surface area contributed by atoms with Crippen LogP contribution in [0, 0.1) is 0 Å². The molecular weight excluding hydrogens is 208 g/mol. The number of aromatic nitrogens is 5. The third-order valence-electron chi connectivity index (χ3n) is 1.96. The average Bonchev–Trinajstić information content (AvgIpc) is 2.75. The lowest BCUT2D eigenvalue weighted by Crippen LogP contribution is -2.03. The molecule has 0 radical (unpaired) electrons. The van der Waals surface area contributed by atoms with Crippen LogP contribution in [0.1, 0.15) is 0 Å². The van der Waals surface area contributed by atoms with Crippen LogP contribution in [0.3, 0.4) is 0 Å². The normalized spacial score (nSPS) is 10.2. The minimum Gasteiger partial charge on any atom is -0.467 e. The number of nitrogens with zero attached hydrogens (tertiary/aromatic N) is 5. The van der Waals surface area contributed by atoms with Crippen molar-refractivity contribution in [3.8, 4) is 17.5 Å². The highest BCUT2D eigenvalue weighted by molar-refractivity contribution is 5.50. The van der Waals surface area contributed by atoms with Crippen molar-refractivity contribution in [3.05, 3.63) is 12.3 Å². The largest absolute Gasteiger partial charge is 0.467 e. The number of nitrogens with one attached hydrogen (secondary N) is 1. The maximum atomic E-state index is 4.99. The summed E-state index contributed by atoms with van der Waals surface area (Å²) in [6.45, 7) is 0. The molecule has 7 nitrogen and oxygen atoms in total. The molecule has 0 aromatic carbocycles. The fourth-order valence-electron chi connectivity index (χ4n) is 1.21. The molecule has 0 amide bonds. The first-order valence-corrected chi connectivity index (χ1v) is 4.71. The Labute approximate surface area is 92.5 Å². The first kappa shape index (κ1) is 10.3. The molecule has 0 aliphatic rings. The molecule has 2 aromatic heterocycles. The number of anilines is 1. The molecule has 16 heavy (non-hydrogen) atoms. The summed E-state index contributed by atoms with van der Waals surface area (Å²) in [5.41, 5.74) is 0.680. The molecule has 0 aliphatic heterocycles. The molecule has 0 atom stereocenters. The molecule has 0 saturated heterocycles. The molecule has 0 bridgehead atoms. The first-order valence-electron chi connectivity index (χ1n) is 4.71. The van der Waals surface area contributed by atoms with Crippen molar-refractivity contribution >= 4 is 5.95 Å². The van der Waals surface area contributed by atoms with Crippen LogP contribution < -0.4 is 10.1 Å². The van der Waals surface area contributed by atoms with Crippen LogP contribution in [-0.4, -0.2) is 38.9 Å². The van der Waals surface area contributed by atoms with Gasteiger partial charge < -0.3 is 10.1 Å². The van der Waals surface area contributed by atoms with E-state index in [4.69, 9.17) is 4.74 Å². The van der Waals surface area contributed by atoms with Crippen molar-refractivity contribution in [3.63, 3.8) is 0 Å². The zero-order chi connectivity index (χ0) is 11.5. The third-order valence-corrected chi connectivity index (χ3v) is 1.96. The van der Waals surface area contributed by atoms with Crippen LogP contribution in [-0.2, 0) is 7.05 Å². The summed E-state index contributed by atoms with van der Waals surface area (Å²) in [7, 11) is 5.08. The Morgan fingerprint density at radius 3 is 2.69 bits per heavy atom. The molecule has 0 spiro atoms. The van der Waals surface area contributed by atoms with Crippen LogP contribution in [0.25, 0.3) is 11.5 Å². The van der Waals surface area contributed by atoms with E-state index in [-0.39, 0.29) is 6.01 Å². The second-order valence-corrected chi connectivity index (χ2v) is 3.09. The Morgan fingerprint density at radius 1 is 1.31 bits per heavy atom. The van der Waals surface area contributed by atoms with Crippen molar-refractivity contribution in [1.29, 1.82) is 0 Å². The number of aryl methyl sites for hydroxylation is 1. The lowest BCUT2D eigenvalue weighted by Gasteiger charge is -2.03. The fourth-order valence-corrected chi connectivity index (χ4v) is 1.21. The SMILES string of the molecule is CNc1nc(OC)nc(-c2ccn(C)n2)n1. The lowest BCUT2D eigenvalue weighted by molar-refractivity contribution is 0.379. The molecule has 7 heteroatoms. The molecule has 84 valence electrons. The van der Waals surface area contributed by atoms with E-state index in [2.05, 4.69) is 25.4 Å². The van der Waals surface area contributed by atoms with E-state index in [0.717, 1.165) is 0 Å². The van der Waals surface area contributed by atoms with Gasteiger partial charge in [-0.25, -0.2) is 0 Å². The molecule has 0 unspecified atom stereocenters. The van der Waals surface area contributed by atoms with Gasteiger partial charge in [-0.2, -0.15) is 20.1 Å². The van der Waals surface area contributed by atoms with Gasteiger partial charge in [-0.15, -0.1) is 0 Å². The number of methoxy groups -OCH3 is 1. The van der Waals surface area contributed by atoms with Crippen molar-refractivity contribution < 1.29 is 4.74 Å². The van der Waals surface area contributed by atoms with Crippen molar-refractivity contribution in [2.75, 3.05) is 19.5 Å². The Kier molecular flexibility index (Phi) is 2.67. The van der Waals surface area contributed by atoms with Gasteiger partial charge in [-0.05, 0) is 6.07 Å². The van der Waals surface area contributed by atoms with Crippen molar-refractivity contribution in [1.82, 2.24) is 24.7 Å². The maximum absolute atomic E-state index is 4.99. The van der Waals surface area contributed by atoms with Crippen molar-refractivity contribution in [2.24, 2.45) is 7.05 Å². The number of hydrogen-bond acceptors (Lipinski definition) is 6. The van der Waals surface area contributed by atoms with Crippen molar-refractivity contribution in [2.45, 2.75) is 0 Å². The van der Waals surface area contributed by atoms with Gasteiger partial charge in [0.25, 0.3) is 0 Å². The second kappa shape index (κ2) is 4.13. The van der Waals surface area contributed by atoms with E-state index in [0.29, 0.717) is 17.5 Å². The van der Waals surface area contributed by atoms with E-state index in [9.17, 15) is 0 Å². The predicted octanol–water partition coefficient (Wildman–Crippen LogP) is 0.322. The van der Waals surface area contributed by atoms with Crippen LogP contribution >= 0.6 is 0 Å². The second-order valence-electron chi connectivity index (χ2n) is 3.09. The monoisotopic (exact) mass is 220 g/mol. The van der Waals surface area contributed by atoms with Gasteiger partial charge in [0.1, 0.15) is 5.69 Å². The molecule has 0 aliphatic carbocycles. The highest BCUT2D eigenvalue weighted by Crippen LogP contribution is 2.15. The molecule has 0 saturated carbocycles. The summed E-state index contributed by atoms with van der Waals surface area (Å²) in [5, 5.41) is 7.05. The van der Waals surface area contributed by atoms with Gasteiger partial charge in [0.05, 0.1) is 7.11 Å². The van der Waals surface area contributed by atoms with Crippen LogP contribution in [0.4, 0.5) is 5.95 Å². The fraction of sp³-hybridized carbons (Fsp3) is 0.333. The van der Waals surface area contributed by atoms with Gasteiger partial charge >= 0.3 is 6.01 Å². The maximum Gasteiger partial charge on any atom is 0.321 e. The van der Waals surface area contributed by atoms with Gasteiger partial charge in [0.15, 0.2) is 5.82 Å². The summed E-state index contributed by atoms with van der Waals surface area (Å²) in [5.74, 6) is 0.935. The van der Waals surface area contributed by atoms with E-state index in [1.54, 1.807) is 11.7 Å². The van der Waals surface area contributed by atoms with Crippen LogP contribution in [0.2, 0.25) is 0 Å². The zero-order valence-corrected chi connectivity index (χ0v) is 9.30. The first-order chi connectivity index (χ1) is 7.72. The number of rotatable bonds is 3. The van der Waals surface area contributed by atoms with Gasteiger partial charge in [0, 0.05) is 20.3 Å². The molecule has 2 heterocycles. The van der Waals surface area contributed by atoms with Crippen LogP contribution in [0.5, 0.6) is 6.01 Å². The Morgan fingerprint density at radius 2 is 2.12 bits per heavy atom.